The fourth-order valence-corrected chi connectivity index (χ4v) is 3.27. The molecule has 156 valence electrons. The van der Waals surface area contributed by atoms with E-state index in [9.17, 15) is 4.79 Å². The number of carbonyl (C=O) groups excluding carboxylic acids is 1. The number of amides is 1. The summed E-state index contributed by atoms with van der Waals surface area (Å²) in [6.07, 6.45) is 6.46. The molecule has 0 saturated heterocycles. The van der Waals surface area contributed by atoms with Crippen molar-refractivity contribution in [3.8, 4) is 11.5 Å². The van der Waals surface area contributed by atoms with E-state index in [2.05, 4.69) is 15.6 Å². The smallest absolute Gasteiger partial charge is 0.241 e. The van der Waals surface area contributed by atoms with Crippen molar-refractivity contribution in [2.45, 2.75) is 38.6 Å². The lowest BCUT2D eigenvalue weighted by atomic mass is 9.89. The molecule has 1 amide bonds. The molecule has 1 aliphatic carbocycles. The van der Waals surface area contributed by atoms with E-state index in [0.717, 1.165) is 12.1 Å². The van der Waals surface area contributed by atoms with Gasteiger partial charge in [0.15, 0.2) is 17.5 Å². The highest BCUT2D eigenvalue weighted by Gasteiger charge is 2.14. The van der Waals surface area contributed by atoms with Crippen LogP contribution in [0.1, 0.15) is 37.7 Å². The van der Waals surface area contributed by atoms with Gasteiger partial charge in [-0.2, -0.15) is 0 Å². The number of nitrogens with one attached hydrogen (secondary N) is 2. The van der Waals surface area contributed by atoms with Gasteiger partial charge in [-0.15, -0.1) is 0 Å². The summed E-state index contributed by atoms with van der Waals surface area (Å²) in [6, 6.07) is 5.77. The van der Waals surface area contributed by atoms with E-state index in [1.54, 1.807) is 33.2 Å². The second-order valence-electron chi connectivity index (χ2n) is 7.38. The Labute approximate surface area is 168 Å². The molecule has 0 radical (unpaired) electrons. The molecule has 0 spiro atoms. The lowest BCUT2D eigenvalue weighted by Gasteiger charge is -2.23. The third-order valence-corrected chi connectivity index (χ3v) is 5.06. The molecule has 1 aromatic carbocycles. The summed E-state index contributed by atoms with van der Waals surface area (Å²) >= 11 is 0. The molecule has 2 rings (SSSR count). The van der Waals surface area contributed by atoms with Gasteiger partial charge in [-0.3, -0.25) is 4.79 Å². The van der Waals surface area contributed by atoms with Crippen LogP contribution in [0.4, 0.5) is 0 Å². The minimum Gasteiger partial charge on any atom is -0.493 e. The average Bonchev–Trinajstić information content (AvgIpc) is 2.73. The first-order valence-corrected chi connectivity index (χ1v) is 9.96. The summed E-state index contributed by atoms with van der Waals surface area (Å²) in [5, 5.41) is 6.57. The number of ether oxygens (including phenoxy) is 2. The Balaban J connectivity index is 2.02. The van der Waals surface area contributed by atoms with Gasteiger partial charge in [-0.1, -0.05) is 25.3 Å². The molecule has 1 fully saturated rings. The van der Waals surface area contributed by atoms with E-state index in [0.29, 0.717) is 29.9 Å². The second-order valence-corrected chi connectivity index (χ2v) is 7.38. The maximum absolute atomic E-state index is 11.9. The van der Waals surface area contributed by atoms with Gasteiger partial charge in [-0.05, 0) is 36.5 Å². The maximum Gasteiger partial charge on any atom is 0.241 e. The zero-order valence-corrected chi connectivity index (χ0v) is 17.6. The fraction of sp³-hybridized carbons (Fsp3) is 0.619. The Hall–Kier alpha value is -2.44. The molecule has 0 bridgehead atoms. The third-order valence-electron chi connectivity index (χ3n) is 5.06. The number of likely N-dealkylation sites (N-methyl/N-ethyl adjacent to an activating group) is 1. The number of nitrogens with zero attached hydrogens (tertiary/aromatic N) is 2. The number of carbonyl (C=O) groups is 1. The van der Waals surface area contributed by atoms with Crippen LogP contribution in [0.5, 0.6) is 11.5 Å². The van der Waals surface area contributed by atoms with Gasteiger partial charge in [0, 0.05) is 20.6 Å². The van der Waals surface area contributed by atoms with Gasteiger partial charge in [0.25, 0.3) is 0 Å². The number of hydrogen-bond donors (Lipinski definition) is 2. The number of benzene rings is 1. The standard InChI is InChI=1S/C21H34N4O3/c1-25(2)20(26)15-24-21(22-13-16-8-6-5-7-9-16)23-14-17-10-11-18(27-3)19(12-17)28-4/h10-12,16H,5-9,13-15H2,1-4H3,(H2,22,23,24). The van der Waals surface area contributed by atoms with Gasteiger partial charge in [0.2, 0.25) is 5.91 Å². The molecule has 0 aliphatic heterocycles. The largest absolute Gasteiger partial charge is 0.493 e. The van der Waals surface area contributed by atoms with Crippen molar-refractivity contribution in [2.75, 3.05) is 41.4 Å². The molecule has 0 atom stereocenters. The summed E-state index contributed by atoms with van der Waals surface area (Å²) in [5.74, 6) is 2.73. The van der Waals surface area contributed by atoms with E-state index in [4.69, 9.17) is 9.47 Å². The number of guanidine groups is 1. The first kappa shape index (κ1) is 21.9. The van der Waals surface area contributed by atoms with Crippen molar-refractivity contribution in [3.63, 3.8) is 0 Å². The number of rotatable bonds is 8. The normalized spacial score (nSPS) is 15.1. The van der Waals surface area contributed by atoms with Crippen molar-refractivity contribution < 1.29 is 14.3 Å². The van der Waals surface area contributed by atoms with Crippen LogP contribution in [0.25, 0.3) is 0 Å². The molecule has 7 heteroatoms. The van der Waals surface area contributed by atoms with Crippen molar-refractivity contribution >= 4 is 11.9 Å². The molecule has 2 N–H and O–H groups in total. The molecular weight excluding hydrogens is 356 g/mol. The maximum atomic E-state index is 11.9. The average molecular weight is 391 g/mol. The van der Waals surface area contributed by atoms with Crippen molar-refractivity contribution in [2.24, 2.45) is 10.9 Å². The van der Waals surface area contributed by atoms with Crippen LogP contribution in [-0.2, 0) is 11.3 Å². The molecule has 7 nitrogen and oxygen atoms in total. The first-order valence-electron chi connectivity index (χ1n) is 9.96. The van der Waals surface area contributed by atoms with Crippen molar-refractivity contribution in [3.05, 3.63) is 23.8 Å². The molecule has 0 unspecified atom stereocenters. The van der Waals surface area contributed by atoms with Crippen LogP contribution < -0.4 is 20.1 Å². The highest BCUT2D eigenvalue weighted by atomic mass is 16.5. The quantitative estimate of drug-likeness (QED) is 0.527. The van der Waals surface area contributed by atoms with Crippen LogP contribution in [0.2, 0.25) is 0 Å². The van der Waals surface area contributed by atoms with Gasteiger partial charge in [-0.25, -0.2) is 4.99 Å². The number of hydrogen-bond acceptors (Lipinski definition) is 4. The SMILES string of the molecule is COc1ccc(CN=C(NCC(=O)N(C)C)NCC2CCCCC2)cc1OC. The van der Waals surface area contributed by atoms with Crippen molar-refractivity contribution in [1.82, 2.24) is 15.5 Å². The molecule has 1 aromatic rings. The van der Waals surface area contributed by atoms with E-state index in [1.165, 1.54) is 32.1 Å². The first-order chi connectivity index (χ1) is 13.5. The predicted molar refractivity (Wildman–Crippen MR) is 112 cm³/mol. The second kappa shape index (κ2) is 11.4. The van der Waals surface area contributed by atoms with E-state index >= 15 is 0 Å². The van der Waals surface area contributed by atoms with Crippen LogP contribution in [0, 0.1) is 5.92 Å². The minimum absolute atomic E-state index is 0.0123. The number of methoxy groups -OCH3 is 2. The molecule has 1 saturated carbocycles. The molecule has 1 aliphatic rings. The van der Waals surface area contributed by atoms with Gasteiger partial charge in [0.05, 0.1) is 27.3 Å². The third kappa shape index (κ3) is 6.94. The zero-order valence-electron chi connectivity index (χ0n) is 17.6. The van der Waals surface area contributed by atoms with Gasteiger partial charge in [0.1, 0.15) is 0 Å². The van der Waals surface area contributed by atoms with Crippen LogP contribution in [-0.4, -0.2) is 58.2 Å². The molecular formula is C21H34N4O3. The summed E-state index contributed by atoms with van der Waals surface area (Å²) in [4.78, 5) is 18.2. The Bertz CT molecular complexity index is 655. The Morgan fingerprint density at radius 2 is 1.82 bits per heavy atom. The monoisotopic (exact) mass is 390 g/mol. The van der Waals surface area contributed by atoms with Crippen LogP contribution in [0.3, 0.4) is 0 Å². The van der Waals surface area contributed by atoms with Gasteiger partial charge >= 0.3 is 0 Å². The summed E-state index contributed by atoms with van der Waals surface area (Å²) < 4.78 is 10.6. The highest BCUT2D eigenvalue weighted by molar-refractivity contribution is 5.86. The molecule has 0 aromatic heterocycles. The lowest BCUT2D eigenvalue weighted by molar-refractivity contribution is -0.127. The van der Waals surface area contributed by atoms with Crippen LogP contribution >= 0.6 is 0 Å². The minimum atomic E-state index is 0.0123. The highest BCUT2D eigenvalue weighted by Crippen LogP contribution is 2.27. The fourth-order valence-electron chi connectivity index (χ4n) is 3.27. The Kier molecular flexibility index (Phi) is 8.91. The molecule has 0 heterocycles. The van der Waals surface area contributed by atoms with Gasteiger partial charge < -0.3 is 25.0 Å². The van der Waals surface area contributed by atoms with E-state index in [1.807, 2.05) is 18.2 Å². The van der Waals surface area contributed by atoms with Crippen LogP contribution in [0.15, 0.2) is 23.2 Å². The topological polar surface area (TPSA) is 75.2 Å². The Morgan fingerprint density at radius 1 is 1.11 bits per heavy atom. The summed E-state index contributed by atoms with van der Waals surface area (Å²) in [6.45, 7) is 1.58. The lowest BCUT2D eigenvalue weighted by Crippen LogP contribution is -2.44. The summed E-state index contributed by atoms with van der Waals surface area (Å²) in [7, 11) is 6.74. The van der Waals surface area contributed by atoms with E-state index in [-0.39, 0.29) is 12.5 Å². The summed E-state index contributed by atoms with van der Waals surface area (Å²) in [5.41, 5.74) is 1.01. The number of aliphatic imine (C=N–C) groups is 1. The van der Waals surface area contributed by atoms with E-state index < -0.39 is 0 Å². The zero-order chi connectivity index (χ0) is 20.4. The van der Waals surface area contributed by atoms with Crippen molar-refractivity contribution in [1.29, 1.82) is 0 Å². The molecule has 28 heavy (non-hydrogen) atoms. The predicted octanol–water partition coefficient (Wildman–Crippen LogP) is 2.41. The Morgan fingerprint density at radius 3 is 2.46 bits per heavy atom.